The van der Waals surface area contributed by atoms with E-state index in [1.54, 1.807) is 6.92 Å². The highest BCUT2D eigenvalue weighted by molar-refractivity contribution is 6.19. The molecule has 0 aromatic carbocycles. The molecule has 0 atom stereocenters. The van der Waals surface area contributed by atoms with Gasteiger partial charge in [-0.05, 0) is 19.3 Å². The van der Waals surface area contributed by atoms with Gasteiger partial charge in [-0.2, -0.15) is 0 Å². The minimum atomic E-state index is -1.12. The first-order valence-electron chi connectivity index (χ1n) is 6.34. The molecule has 0 spiro atoms. The molecule has 1 aliphatic heterocycles. The van der Waals surface area contributed by atoms with Gasteiger partial charge >= 0.3 is 6.03 Å². The van der Waals surface area contributed by atoms with E-state index >= 15 is 0 Å². The van der Waals surface area contributed by atoms with Crippen molar-refractivity contribution in [2.24, 2.45) is 5.41 Å². The van der Waals surface area contributed by atoms with E-state index in [4.69, 9.17) is 5.11 Å². The van der Waals surface area contributed by atoms with Crippen molar-refractivity contribution in [1.82, 2.24) is 10.6 Å². The smallest absolute Gasteiger partial charge is 0.328 e. The predicted molar refractivity (Wildman–Crippen MR) is 64.6 cm³/mol. The Morgan fingerprint density at radius 1 is 1.00 bits per heavy atom. The van der Waals surface area contributed by atoms with Gasteiger partial charge in [0.25, 0.3) is 0 Å². The van der Waals surface area contributed by atoms with Crippen LogP contribution in [0, 0.1) is 5.41 Å². The maximum atomic E-state index is 11.9. The number of hydrogen-bond donors (Lipinski definition) is 3. The summed E-state index contributed by atoms with van der Waals surface area (Å²) in [6.07, 6.45) is 3.99. The lowest BCUT2D eigenvalue weighted by Crippen LogP contribution is -2.62. The Labute approximate surface area is 106 Å². The zero-order valence-corrected chi connectivity index (χ0v) is 10.6. The number of nitrogens with one attached hydrogen (secondary N) is 2. The number of hydrogen-bond acceptors (Lipinski definition) is 4. The van der Waals surface area contributed by atoms with E-state index in [9.17, 15) is 14.4 Å². The zero-order chi connectivity index (χ0) is 13.6. The first-order chi connectivity index (χ1) is 8.56. The van der Waals surface area contributed by atoms with Gasteiger partial charge in [0, 0.05) is 6.61 Å². The third-order valence-electron chi connectivity index (χ3n) is 3.44. The molecule has 1 saturated heterocycles. The molecule has 4 amide bonds. The number of unbranched alkanes of at least 4 members (excludes halogenated alkanes) is 3. The minimum Gasteiger partial charge on any atom is -0.396 e. The third-order valence-corrected chi connectivity index (χ3v) is 3.44. The Morgan fingerprint density at radius 3 is 2.06 bits per heavy atom. The van der Waals surface area contributed by atoms with Gasteiger partial charge in [0.1, 0.15) is 5.41 Å². The largest absolute Gasteiger partial charge is 0.396 e. The molecule has 0 saturated carbocycles. The van der Waals surface area contributed by atoms with E-state index in [0.29, 0.717) is 12.8 Å². The van der Waals surface area contributed by atoms with Crippen molar-refractivity contribution in [3.8, 4) is 0 Å². The first-order valence-corrected chi connectivity index (χ1v) is 6.34. The number of amides is 4. The average Bonchev–Trinajstić information content (AvgIpc) is 2.32. The molecule has 0 bridgehead atoms. The molecular formula is C12H20N2O4. The predicted octanol–water partition coefficient (Wildman–Crippen LogP) is 0.692. The molecular weight excluding hydrogens is 236 g/mol. The fourth-order valence-electron chi connectivity index (χ4n) is 2.20. The van der Waals surface area contributed by atoms with Crippen molar-refractivity contribution in [3.05, 3.63) is 0 Å². The van der Waals surface area contributed by atoms with Crippen molar-refractivity contribution in [1.29, 1.82) is 0 Å². The molecule has 0 aromatic rings. The number of barbiturate groups is 1. The summed E-state index contributed by atoms with van der Waals surface area (Å²) >= 11 is 0. The molecule has 0 unspecified atom stereocenters. The van der Waals surface area contributed by atoms with Crippen molar-refractivity contribution in [3.63, 3.8) is 0 Å². The molecule has 3 N–H and O–H groups in total. The highest BCUT2D eigenvalue weighted by atomic mass is 16.3. The first kappa shape index (κ1) is 14.6. The Balaban J connectivity index is 2.58. The Kier molecular flexibility index (Phi) is 5.27. The molecule has 1 heterocycles. The average molecular weight is 256 g/mol. The van der Waals surface area contributed by atoms with Crippen LogP contribution < -0.4 is 10.6 Å². The Bertz CT molecular complexity index is 321. The molecule has 6 nitrogen and oxygen atoms in total. The summed E-state index contributed by atoms with van der Waals surface area (Å²) in [6.45, 7) is 1.93. The minimum absolute atomic E-state index is 0.161. The van der Waals surface area contributed by atoms with E-state index in [0.717, 1.165) is 25.7 Å². The molecule has 0 aromatic heterocycles. The standard InChI is InChI=1S/C12H20N2O4/c1-2-12(7-5-3-4-6-8-15)9(16)13-11(18)14-10(12)17/h15H,2-8H2,1H3,(H2,13,14,16,17,18). The van der Waals surface area contributed by atoms with Gasteiger partial charge in [-0.3, -0.25) is 20.2 Å². The van der Waals surface area contributed by atoms with Crippen molar-refractivity contribution < 1.29 is 19.5 Å². The summed E-state index contributed by atoms with van der Waals surface area (Å²) < 4.78 is 0. The highest BCUT2D eigenvalue weighted by Crippen LogP contribution is 2.31. The second kappa shape index (κ2) is 6.49. The van der Waals surface area contributed by atoms with Gasteiger partial charge in [-0.1, -0.05) is 26.2 Å². The van der Waals surface area contributed by atoms with Crippen molar-refractivity contribution >= 4 is 17.8 Å². The van der Waals surface area contributed by atoms with Crippen LogP contribution in [0.15, 0.2) is 0 Å². The summed E-state index contributed by atoms with van der Waals surface area (Å²) in [5.41, 5.74) is -1.12. The summed E-state index contributed by atoms with van der Waals surface area (Å²) in [4.78, 5) is 34.7. The van der Waals surface area contributed by atoms with Crippen molar-refractivity contribution in [2.45, 2.75) is 45.4 Å². The van der Waals surface area contributed by atoms with Crippen LogP contribution in [0.3, 0.4) is 0 Å². The van der Waals surface area contributed by atoms with Gasteiger partial charge in [0.2, 0.25) is 11.8 Å². The Morgan fingerprint density at radius 2 is 1.56 bits per heavy atom. The number of rotatable bonds is 7. The van der Waals surface area contributed by atoms with Gasteiger partial charge < -0.3 is 5.11 Å². The number of aliphatic hydroxyl groups is 1. The van der Waals surface area contributed by atoms with Crippen LogP contribution in [0.25, 0.3) is 0 Å². The monoisotopic (exact) mass is 256 g/mol. The maximum absolute atomic E-state index is 11.9. The Hall–Kier alpha value is -1.43. The third kappa shape index (κ3) is 3.07. The normalized spacial score (nSPS) is 18.4. The summed E-state index contributed by atoms with van der Waals surface area (Å²) in [6, 6.07) is -0.741. The molecule has 102 valence electrons. The quantitative estimate of drug-likeness (QED) is 0.461. The second-order valence-corrected chi connectivity index (χ2v) is 4.56. The van der Waals surface area contributed by atoms with Gasteiger partial charge in [-0.15, -0.1) is 0 Å². The molecule has 0 radical (unpaired) electrons. The van der Waals surface area contributed by atoms with Crippen LogP contribution in [0.5, 0.6) is 0 Å². The fourth-order valence-corrected chi connectivity index (χ4v) is 2.20. The van der Waals surface area contributed by atoms with E-state index in [1.807, 2.05) is 0 Å². The summed E-state index contributed by atoms with van der Waals surface area (Å²) in [5.74, 6) is -0.998. The number of urea groups is 1. The van der Waals surface area contributed by atoms with Gasteiger partial charge in [-0.25, -0.2) is 4.79 Å². The van der Waals surface area contributed by atoms with Gasteiger partial charge in [0.05, 0.1) is 0 Å². The van der Waals surface area contributed by atoms with Gasteiger partial charge in [0.15, 0.2) is 0 Å². The molecule has 1 rings (SSSR count). The number of carbonyl (C=O) groups is 3. The summed E-state index contributed by atoms with van der Waals surface area (Å²) in [7, 11) is 0. The number of carbonyl (C=O) groups excluding carboxylic acids is 3. The van der Waals surface area contributed by atoms with E-state index < -0.39 is 23.3 Å². The lowest BCUT2D eigenvalue weighted by Gasteiger charge is -2.32. The lowest BCUT2D eigenvalue weighted by molar-refractivity contribution is -0.145. The molecule has 18 heavy (non-hydrogen) atoms. The van der Waals surface area contributed by atoms with Crippen LogP contribution in [-0.4, -0.2) is 29.6 Å². The number of imide groups is 2. The second-order valence-electron chi connectivity index (χ2n) is 4.56. The van der Waals surface area contributed by atoms with Crippen LogP contribution in [0.2, 0.25) is 0 Å². The van der Waals surface area contributed by atoms with Crippen LogP contribution >= 0.6 is 0 Å². The SMILES string of the molecule is CCC1(CCCCCCO)C(=O)NC(=O)NC1=O. The van der Waals surface area contributed by atoms with E-state index in [2.05, 4.69) is 10.6 Å². The highest BCUT2D eigenvalue weighted by Gasteiger charge is 2.48. The van der Waals surface area contributed by atoms with E-state index in [-0.39, 0.29) is 6.61 Å². The molecule has 6 heteroatoms. The zero-order valence-electron chi connectivity index (χ0n) is 10.6. The van der Waals surface area contributed by atoms with Crippen LogP contribution in [0.1, 0.15) is 45.4 Å². The van der Waals surface area contributed by atoms with E-state index in [1.165, 1.54) is 0 Å². The number of aliphatic hydroxyl groups excluding tert-OH is 1. The topological polar surface area (TPSA) is 95.5 Å². The lowest BCUT2D eigenvalue weighted by atomic mass is 9.77. The van der Waals surface area contributed by atoms with Crippen LogP contribution in [-0.2, 0) is 9.59 Å². The fraction of sp³-hybridized carbons (Fsp3) is 0.750. The summed E-state index contributed by atoms with van der Waals surface area (Å²) in [5, 5.41) is 13.0. The molecule has 0 aliphatic carbocycles. The maximum Gasteiger partial charge on any atom is 0.328 e. The van der Waals surface area contributed by atoms with Crippen LogP contribution in [0.4, 0.5) is 4.79 Å². The molecule has 1 fully saturated rings. The van der Waals surface area contributed by atoms with Crippen molar-refractivity contribution in [2.75, 3.05) is 6.61 Å². The molecule has 1 aliphatic rings.